The summed E-state index contributed by atoms with van der Waals surface area (Å²) in [7, 11) is 0. The van der Waals surface area contributed by atoms with Crippen molar-refractivity contribution < 1.29 is 9.13 Å². The topological polar surface area (TPSA) is 22.1 Å². The molecular formula is C13H12FNO. The van der Waals surface area contributed by atoms with E-state index in [2.05, 4.69) is 4.98 Å². The third-order valence-electron chi connectivity index (χ3n) is 2.25. The molecule has 1 aromatic carbocycles. The van der Waals surface area contributed by atoms with E-state index >= 15 is 0 Å². The third kappa shape index (κ3) is 2.57. The molecule has 0 spiro atoms. The van der Waals surface area contributed by atoms with Crippen molar-refractivity contribution >= 4 is 0 Å². The van der Waals surface area contributed by atoms with Gasteiger partial charge in [0, 0.05) is 11.8 Å². The summed E-state index contributed by atoms with van der Waals surface area (Å²) >= 11 is 0. The van der Waals surface area contributed by atoms with Crippen LogP contribution in [0.1, 0.15) is 11.1 Å². The first kappa shape index (κ1) is 10.6. The minimum Gasteiger partial charge on any atom is -0.489 e. The van der Waals surface area contributed by atoms with Gasteiger partial charge in [-0.3, -0.25) is 4.98 Å². The van der Waals surface area contributed by atoms with E-state index in [9.17, 15) is 4.39 Å². The van der Waals surface area contributed by atoms with Gasteiger partial charge in [0.2, 0.25) is 0 Å². The Morgan fingerprint density at radius 1 is 1.25 bits per heavy atom. The van der Waals surface area contributed by atoms with Crippen molar-refractivity contribution in [1.29, 1.82) is 0 Å². The number of halogens is 1. The maximum Gasteiger partial charge on any atom is 0.141 e. The normalized spacial score (nSPS) is 10.1. The standard InChI is InChI=1S/C13H12FNO/c1-10-4-2-3-5-13(10)16-9-11-6-12(14)8-15-7-11/h2-8H,9H2,1H3. The van der Waals surface area contributed by atoms with Crippen molar-refractivity contribution in [2.75, 3.05) is 0 Å². The molecule has 2 nitrogen and oxygen atoms in total. The van der Waals surface area contributed by atoms with Crippen LogP contribution in [0.2, 0.25) is 0 Å². The van der Waals surface area contributed by atoms with Gasteiger partial charge in [0.15, 0.2) is 0 Å². The zero-order valence-corrected chi connectivity index (χ0v) is 8.98. The number of ether oxygens (including phenoxy) is 1. The lowest BCUT2D eigenvalue weighted by molar-refractivity contribution is 0.303. The van der Waals surface area contributed by atoms with Gasteiger partial charge >= 0.3 is 0 Å². The molecule has 0 atom stereocenters. The molecular weight excluding hydrogens is 205 g/mol. The minimum atomic E-state index is -0.342. The second-order valence-corrected chi connectivity index (χ2v) is 3.57. The van der Waals surface area contributed by atoms with Gasteiger partial charge in [-0.2, -0.15) is 0 Å². The minimum absolute atomic E-state index is 0.329. The van der Waals surface area contributed by atoms with Crippen LogP contribution in [0.5, 0.6) is 5.75 Å². The lowest BCUT2D eigenvalue weighted by atomic mass is 10.2. The number of aromatic nitrogens is 1. The molecule has 0 aliphatic rings. The Labute approximate surface area is 93.7 Å². The number of hydrogen-bond acceptors (Lipinski definition) is 2. The Morgan fingerprint density at radius 2 is 2.06 bits per heavy atom. The summed E-state index contributed by atoms with van der Waals surface area (Å²) in [5.74, 6) is 0.470. The van der Waals surface area contributed by atoms with E-state index in [1.807, 2.05) is 31.2 Å². The number of aryl methyl sites for hydroxylation is 1. The predicted octanol–water partition coefficient (Wildman–Crippen LogP) is 3.11. The number of hydrogen-bond donors (Lipinski definition) is 0. The molecule has 0 saturated carbocycles. The van der Waals surface area contributed by atoms with Crippen molar-refractivity contribution in [3.8, 4) is 5.75 Å². The molecule has 0 fully saturated rings. The molecule has 1 aromatic heterocycles. The van der Waals surface area contributed by atoms with E-state index in [-0.39, 0.29) is 5.82 Å². The van der Waals surface area contributed by atoms with E-state index in [4.69, 9.17) is 4.74 Å². The summed E-state index contributed by atoms with van der Waals surface area (Å²) < 4.78 is 18.4. The van der Waals surface area contributed by atoms with Gasteiger partial charge in [0.25, 0.3) is 0 Å². The largest absolute Gasteiger partial charge is 0.489 e. The monoisotopic (exact) mass is 217 g/mol. The number of pyridine rings is 1. The molecule has 0 radical (unpaired) electrons. The summed E-state index contributed by atoms with van der Waals surface area (Å²) in [6.07, 6.45) is 2.78. The highest BCUT2D eigenvalue weighted by molar-refractivity contribution is 5.31. The van der Waals surface area contributed by atoms with Gasteiger partial charge in [-0.05, 0) is 24.6 Å². The maximum atomic E-state index is 12.9. The molecule has 2 rings (SSSR count). The quantitative estimate of drug-likeness (QED) is 0.788. The Bertz CT molecular complexity index is 485. The fourth-order valence-electron chi connectivity index (χ4n) is 1.41. The van der Waals surface area contributed by atoms with E-state index in [1.54, 1.807) is 6.20 Å². The molecule has 0 bridgehead atoms. The fraction of sp³-hybridized carbons (Fsp3) is 0.154. The summed E-state index contributed by atoms with van der Waals surface area (Å²) in [5, 5.41) is 0. The van der Waals surface area contributed by atoms with Crippen LogP contribution >= 0.6 is 0 Å². The van der Waals surface area contributed by atoms with Gasteiger partial charge < -0.3 is 4.74 Å². The summed E-state index contributed by atoms with van der Waals surface area (Å²) in [5.41, 5.74) is 1.79. The van der Waals surface area contributed by atoms with Gasteiger partial charge in [0.1, 0.15) is 18.2 Å². The zero-order valence-electron chi connectivity index (χ0n) is 8.98. The smallest absolute Gasteiger partial charge is 0.141 e. The van der Waals surface area contributed by atoms with Crippen molar-refractivity contribution in [2.24, 2.45) is 0 Å². The molecule has 0 N–H and O–H groups in total. The molecule has 82 valence electrons. The van der Waals surface area contributed by atoms with Crippen LogP contribution in [0.25, 0.3) is 0 Å². The average Bonchev–Trinajstić information content (AvgIpc) is 2.28. The van der Waals surface area contributed by atoms with Gasteiger partial charge in [0.05, 0.1) is 6.20 Å². The van der Waals surface area contributed by atoms with Crippen LogP contribution in [-0.2, 0) is 6.61 Å². The molecule has 0 amide bonds. The summed E-state index contributed by atoms with van der Waals surface area (Å²) in [6, 6.07) is 9.14. The van der Waals surface area contributed by atoms with Crippen molar-refractivity contribution in [3.05, 3.63) is 59.7 Å². The first-order valence-electron chi connectivity index (χ1n) is 5.03. The molecule has 16 heavy (non-hydrogen) atoms. The lowest BCUT2D eigenvalue weighted by Crippen LogP contribution is -1.98. The van der Waals surface area contributed by atoms with E-state index < -0.39 is 0 Å². The molecule has 0 aliphatic carbocycles. The first-order chi connectivity index (χ1) is 7.75. The number of rotatable bonds is 3. The van der Waals surface area contributed by atoms with Gasteiger partial charge in [-0.25, -0.2) is 4.39 Å². The molecule has 2 aromatic rings. The van der Waals surface area contributed by atoms with Crippen molar-refractivity contribution in [3.63, 3.8) is 0 Å². The van der Waals surface area contributed by atoms with Crippen LogP contribution in [0.15, 0.2) is 42.7 Å². The van der Waals surface area contributed by atoms with E-state index in [0.29, 0.717) is 6.61 Å². The SMILES string of the molecule is Cc1ccccc1OCc1cncc(F)c1. The van der Waals surface area contributed by atoms with Gasteiger partial charge in [-0.1, -0.05) is 18.2 Å². The second-order valence-electron chi connectivity index (χ2n) is 3.57. The highest BCUT2D eigenvalue weighted by atomic mass is 19.1. The van der Waals surface area contributed by atoms with Crippen LogP contribution in [0.4, 0.5) is 4.39 Å². The van der Waals surface area contributed by atoms with E-state index in [1.165, 1.54) is 12.3 Å². The van der Waals surface area contributed by atoms with Crippen molar-refractivity contribution in [1.82, 2.24) is 4.98 Å². The zero-order chi connectivity index (χ0) is 11.4. The second kappa shape index (κ2) is 4.75. The highest BCUT2D eigenvalue weighted by Gasteiger charge is 2.00. The van der Waals surface area contributed by atoms with Crippen LogP contribution in [-0.4, -0.2) is 4.98 Å². The molecule has 0 saturated heterocycles. The summed E-state index contributed by atoms with van der Waals surface area (Å²) in [6.45, 7) is 2.30. The molecule has 0 aliphatic heterocycles. The highest BCUT2D eigenvalue weighted by Crippen LogP contribution is 2.17. The van der Waals surface area contributed by atoms with Crippen LogP contribution < -0.4 is 4.74 Å². The Balaban J connectivity index is 2.05. The predicted molar refractivity (Wildman–Crippen MR) is 59.7 cm³/mol. The van der Waals surface area contributed by atoms with Crippen LogP contribution in [0.3, 0.4) is 0 Å². The average molecular weight is 217 g/mol. The lowest BCUT2D eigenvalue weighted by Gasteiger charge is -2.08. The maximum absolute atomic E-state index is 12.9. The summed E-state index contributed by atoms with van der Waals surface area (Å²) in [4.78, 5) is 3.76. The molecule has 0 unspecified atom stereocenters. The molecule has 1 heterocycles. The van der Waals surface area contributed by atoms with Crippen LogP contribution in [0, 0.1) is 12.7 Å². The number of para-hydroxylation sites is 1. The van der Waals surface area contributed by atoms with Gasteiger partial charge in [-0.15, -0.1) is 0 Å². The first-order valence-corrected chi connectivity index (χ1v) is 5.03. The third-order valence-corrected chi connectivity index (χ3v) is 2.25. The van der Waals surface area contributed by atoms with Crippen molar-refractivity contribution in [2.45, 2.75) is 13.5 Å². The molecule has 3 heteroatoms. The number of nitrogens with zero attached hydrogens (tertiary/aromatic N) is 1. The fourth-order valence-corrected chi connectivity index (χ4v) is 1.41. The Morgan fingerprint density at radius 3 is 2.81 bits per heavy atom. The Kier molecular flexibility index (Phi) is 3.15. The Hall–Kier alpha value is -1.90. The number of benzene rings is 1. The van der Waals surface area contributed by atoms with E-state index in [0.717, 1.165) is 16.9 Å².